The van der Waals surface area contributed by atoms with Gasteiger partial charge in [0.05, 0.1) is 11.2 Å². The summed E-state index contributed by atoms with van der Waals surface area (Å²) >= 11 is 1.78. The summed E-state index contributed by atoms with van der Waals surface area (Å²) in [6.07, 6.45) is 2.54. The second-order valence-corrected chi connectivity index (χ2v) is 5.14. The van der Waals surface area contributed by atoms with E-state index < -0.39 is 0 Å². The zero-order valence-corrected chi connectivity index (χ0v) is 10.3. The van der Waals surface area contributed by atoms with Gasteiger partial charge in [-0.05, 0) is 26.8 Å². The van der Waals surface area contributed by atoms with Gasteiger partial charge in [0, 0.05) is 30.6 Å². The smallest absolute Gasteiger partial charge is 0.0798 e. The predicted octanol–water partition coefficient (Wildman–Crippen LogP) is 1.64. The minimum atomic E-state index is 0.726. The van der Waals surface area contributed by atoms with E-state index in [9.17, 15) is 0 Å². The van der Waals surface area contributed by atoms with Gasteiger partial charge in [-0.2, -0.15) is 0 Å². The monoisotopic (exact) mass is 225 g/mol. The van der Waals surface area contributed by atoms with Crippen LogP contribution in [0.25, 0.3) is 0 Å². The molecule has 0 bridgehead atoms. The third kappa shape index (κ3) is 2.77. The standard InChI is InChI=1S/C11H19N3S/c1-9-11(15-8-13-9)7-14-5-3-10(12-2)4-6-14/h8,10,12H,3-7H2,1-2H3. The molecular weight excluding hydrogens is 206 g/mol. The Kier molecular flexibility index (Phi) is 3.72. The molecule has 1 aromatic rings. The number of piperidine rings is 1. The van der Waals surface area contributed by atoms with Crippen molar-refractivity contribution < 1.29 is 0 Å². The van der Waals surface area contributed by atoms with E-state index in [1.165, 1.54) is 36.5 Å². The number of hydrogen-bond donors (Lipinski definition) is 1. The van der Waals surface area contributed by atoms with E-state index >= 15 is 0 Å². The van der Waals surface area contributed by atoms with Crippen LogP contribution in [0, 0.1) is 6.92 Å². The van der Waals surface area contributed by atoms with Crippen molar-refractivity contribution in [1.82, 2.24) is 15.2 Å². The van der Waals surface area contributed by atoms with Gasteiger partial charge in [-0.1, -0.05) is 0 Å². The van der Waals surface area contributed by atoms with Gasteiger partial charge in [-0.25, -0.2) is 4.98 Å². The van der Waals surface area contributed by atoms with Crippen LogP contribution >= 0.6 is 11.3 Å². The van der Waals surface area contributed by atoms with Crippen molar-refractivity contribution in [3.8, 4) is 0 Å². The molecule has 0 saturated carbocycles. The largest absolute Gasteiger partial charge is 0.317 e. The lowest BCUT2D eigenvalue weighted by atomic mass is 10.1. The molecule has 0 atom stereocenters. The van der Waals surface area contributed by atoms with Gasteiger partial charge < -0.3 is 5.32 Å². The Morgan fingerprint density at radius 1 is 1.53 bits per heavy atom. The van der Waals surface area contributed by atoms with Gasteiger partial charge in [0.15, 0.2) is 0 Å². The Morgan fingerprint density at radius 3 is 2.80 bits per heavy atom. The quantitative estimate of drug-likeness (QED) is 0.847. The van der Waals surface area contributed by atoms with Gasteiger partial charge in [-0.15, -0.1) is 11.3 Å². The summed E-state index contributed by atoms with van der Waals surface area (Å²) in [6, 6.07) is 0.726. The molecule has 0 unspecified atom stereocenters. The first-order chi connectivity index (χ1) is 7.29. The molecule has 2 rings (SSSR count). The van der Waals surface area contributed by atoms with E-state index in [0.717, 1.165) is 12.6 Å². The summed E-state index contributed by atoms with van der Waals surface area (Å²) in [7, 11) is 2.06. The first-order valence-corrected chi connectivity index (χ1v) is 6.46. The number of nitrogens with zero attached hydrogens (tertiary/aromatic N) is 2. The fourth-order valence-corrected chi connectivity index (χ4v) is 2.88. The molecule has 0 aliphatic carbocycles. The number of aryl methyl sites for hydroxylation is 1. The van der Waals surface area contributed by atoms with Crippen LogP contribution < -0.4 is 5.32 Å². The molecule has 15 heavy (non-hydrogen) atoms. The van der Waals surface area contributed by atoms with Gasteiger partial charge in [0.1, 0.15) is 0 Å². The normalized spacial score (nSPS) is 19.6. The Balaban J connectivity index is 1.85. The first kappa shape index (κ1) is 11.0. The lowest BCUT2D eigenvalue weighted by Crippen LogP contribution is -2.40. The summed E-state index contributed by atoms with van der Waals surface area (Å²) in [5, 5.41) is 3.36. The van der Waals surface area contributed by atoms with E-state index in [-0.39, 0.29) is 0 Å². The highest BCUT2D eigenvalue weighted by molar-refractivity contribution is 7.09. The zero-order chi connectivity index (χ0) is 10.7. The third-order valence-corrected chi connectivity index (χ3v) is 4.13. The number of likely N-dealkylation sites (tertiary alicyclic amines) is 1. The molecule has 0 aromatic carbocycles. The maximum absolute atomic E-state index is 4.29. The van der Waals surface area contributed by atoms with Crippen molar-refractivity contribution in [2.24, 2.45) is 0 Å². The average molecular weight is 225 g/mol. The van der Waals surface area contributed by atoms with Crippen molar-refractivity contribution in [3.63, 3.8) is 0 Å². The van der Waals surface area contributed by atoms with E-state index in [4.69, 9.17) is 0 Å². The summed E-state index contributed by atoms with van der Waals surface area (Å²) in [4.78, 5) is 8.26. The molecule has 1 aliphatic rings. The minimum absolute atomic E-state index is 0.726. The molecule has 1 N–H and O–H groups in total. The Hall–Kier alpha value is -0.450. The van der Waals surface area contributed by atoms with Crippen LogP contribution in [0.1, 0.15) is 23.4 Å². The topological polar surface area (TPSA) is 28.2 Å². The third-order valence-electron chi connectivity index (χ3n) is 3.21. The van der Waals surface area contributed by atoms with Crippen LogP contribution in [-0.4, -0.2) is 36.1 Å². The van der Waals surface area contributed by atoms with Gasteiger partial charge in [0.25, 0.3) is 0 Å². The molecule has 0 spiro atoms. The Bertz CT molecular complexity index is 303. The lowest BCUT2D eigenvalue weighted by Gasteiger charge is -2.31. The van der Waals surface area contributed by atoms with Crippen LogP contribution in [0.15, 0.2) is 5.51 Å². The van der Waals surface area contributed by atoms with E-state index in [0.29, 0.717) is 0 Å². The number of rotatable bonds is 3. The molecule has 1 aliphatic heterocycles. The van der Waals surface area contributed by atoms with E-state index in [1.54, 1.807) is 11.3 Å². The van der Waals surface area contributed by atoms with Crippen molar-refractivity contribution in [2.45, 2.75) is 32.4 Å². The first-order valence-electron chi connectivity index (χ1n) is 5.58. The summed E-state index contributed by atoms with van der Waals surface area (Å²) in [6.45, 7) is 5.62. The summed E-state index contributed by atoms with van der Waals surface area (Å²) < 4.78 is 0. The van der Waals surface area contributed by atoms with Crippen LogP contribution in [0.4, 0.5) is 0 Å². The molecule has 3 nitrogen and oxygen atoms in total. The van der Waals surface area contributed by atoms with Crippen molar-refractivity contribution >= 4 is 11.3 Å². The molecule has 0 amide bonds. The van der Waals surface area contributed by atoms with Crippen molar-refractivity contribution in [3.05, 3.63) is 16.1 Å². The summed E-state index contributed by atoms with van der Waals surface area (Å²) in [5.74, 6) is 0. The zero-order valence-electron chi connectivity index (χ0n) is 9.49. The SMILES string of the molecule is CNC1CCN(Cc2scnc2C)CC1. The molecule has 1 fully saturated rings. The Labute approximate surface area is 95.5 Å². The highest BCUT2D eigenvalue weighted by Gasteiger charge is 2.18. The second-order valence-electron chi connectivity index (χ2n) is 4.20. The second kappa shape index (κ2) is 5.05. The van der Waals surface area contributed by atoms with Crippen molar-refractivity contribution in [1.29, 1.82) is 0 Å². The van der Waals surface area contributed by atoms with Gasteiger partial charge in [-0.3, -0.25) is 4.90 Å². The van der Waals surface area contributed by atoms with Crippen LogP contribution in [0.5, 0.6) is 0 Å². The molecule has 0 radical (unpaired) electrons. The lowest BCUT2D eigenvalue weighted by molar-refractivity contribution is 0.195. The number of nitrogens with one attached hydrogen (secondary N) is 1. The van der Waals surface area contributed by atoms with Crippen LogP contribution in [-0.2, 0) is 6.54 Å². The highest BCUT2D eigenvalue weighted by atomic mass is 32.1. The fourth-order valence-electron chi connectivity index (χ4n) is 2.06. The number of thiazole rings is 1. The molecule has 2 heterocycles. The minimum Gasteiger partial charge on any atom is -0.317 e. The number of aromatic nitrogens is 1. The molecule has 1 saturated heterocycles. The summed E-state index contributed by atoms with van der Waals surface area (Å²) in [5.41, 5.74) is 3.15. The Morgan fingerprint density at radius 2 is 2.27 bits per heavy atom. The number of hydrogen-bond acceptors (Lipinski definition) is 4. The predicted molar refractivity (Wildman–Crippen MR) is 64.2 cm³/mol. The molecule has 84 valence electrons. The molecular formula is C11H19N3S. The fraction of sp³-hybridized carbons (Fsp3) is 0.727. The molecule has 4 heteroatoms. The highest BCUT2D eigenvalue weighted by Crippen LogP contribution is 2.18. The van der Waals surface area contributed by atoms with Gasteiger partial charge in [0.2, 0.25) is 0 Å². The van der Waals surface area contributed by atoms with Crippen molar-refractivity contribution in [2.75, 3.05) is 20.1 Å². The van der Waals surface area contributed by atoms with Crippen LogP contribution in [0.2, 0.25) is 0 Å². The average Bonchev–Trinajstić information content (AvgIpc) is 2.66. The maximum Gasteiger partial charge on any atom is 0.0798 e. The maximum atomic E-state index is 4.29. The van der Waals surface area contributed by atoms with Gasteiger partial charge >= 0.3 is 0 Å². The van der Waals surface area contributed by atoms with E-state index in [2.05, 4.69) is 29.2 Å². The van der Waals surface area contributed by atoms with E-state index in [1.807, 2.05) is 5.51 Å². The van der Waals surface area contributed by atoms with Crippen LogP contribution in [0.3, 0.4) is 0 Å². The molecule has 1 aromatic heterocycles.